The minimum atomic E-state index is -0.265. The molecule has 0 radical (unpaired) electrons. The molecule has 0 heterocycles. The highest BCUT2D eigenvalue weighted by Gasteiger charge is 2.16. The molecule has 2 nitrogen and oxygen atoms in total. The van der Waals surface area contributed by atoms with Crippen LogP contribution in [0.3, 0.4) is 0 Å². The highest BCUT2D eigenvalue weighted by atomic mass is 35.5. The molecule has 0 aliphatic heterocycles. The molecule has 2 aromatic carbocycles. The molecule has 0 spiro atoms. The van der Waals surface area contributed by atoms with Gasteiger partial charge in [-0.1, -0.05) is 36.7 Å². The van der Waals surface area contributed by atoms with E-state index in [1.807, 2.05) is 31.2 Å². The number of halogens is 2. The number of nitrogens with one attached hydrogen (secondary N) is 1. The second-order valence-electron chi connectivity index (χ2n) is 4.79. The minimum absolute atomic E-state index is 0.00954. The Balaban J connectivity index is 2.26. The molecule has 0 amide bonds. The molecule has 0 saturated carbocycles. The van der Waals surface area contributed by atoms with Crippen molar-refractivity contribution < 1.29 is 9.13 Å². The lowest BCUT2D eigenvalue weighted by Crippen LogP contribution is -2.23. The van der Waals surface area contributed by atoms with Gasteiger partial charge in [0.25, 0.3) is 0 Å². The Morgan fingerprint density at radius 2 is 1.90 bits per heavy atom. The van der Waals surface area contributed by atoms with Gasteiger partial charge < -0.3 is 10.1 Å². The highest BCUT2D eigenvalue weighted by molar-refractivity contribution is 6.31. The predicted molar refractivity (Wildman–Crippen MR) is 84.5 cm³/mol. The maximum absolute atomic E-state index is 14.0. The molecule has 21 heavy (non-hydrogen) atoms. The first-order valence-electron chi connectivity index (χ1n) is 6.96. The van der Waals surface area contributed by atoms with E-state index >= 15 is 0 Å². The Morgan fingerprint density at radius 3 is 2.48 bits per heavy atom. The van der Waals surface area contributed by atoms with Crippen LogP contribution in [0, 0.1) is 5.82 Å². The molecule has 0 aliphatic carbocycles. The summed E-state index contributed by atoms with van der Waals surface area (Å²) in [7, 11) is 1.63. The number of ether oxygens (including phenoxy) is 1. The monoisotopic (exact) mass is 307 g/mol. The van der Waals surface area contributed by atoms with Crippen LogP contribution in [-0.4, -0.2) is 13.7 Å². The molecule has 0 bridgehead atoms. The van der Waals surface area contributed by atoms with Gasteiger partial charge >= 0.3 is 0 Å². The van der Waals surface area contributed by atoms with Gasteiger partial charge in [-0.3, -0.25) is 0 Å². The van der Waals surface area contributed by atoms with Crippen molar-refractivity contribution in [3.05, 3.63) is 64.4 Å². The van der Waals surface area contributed by atoms with Crippen LogP contribution < -0.4 is 10.1 Å². The van der Waals surface area contributed by atoms with E-state index in [1.165, 1.54) is 6.07 Å². The minimum Gasteiger partial charge on any atom is -0.497 e. The molecule has 112 valence electrons. The summed E-state index contributed by atoms with van der Waals surface area (Å²) in [5.41, 5.74) is 1.62. The quantitative estimate of drug-likeness (QED) is 0.855. The number of methoxy groups -OCH3 is 1. The zero-order chi connectivity index (χ0) is 15.2. The van der Waals surface area contributed by atoms with Crippen LogP contribution in [-0.2, 0) is 6.42 Å². The Hall–Kier alpha value is -1.58. The summed E-state index contributed by atoms with van der Waals surface area (Å²) in [5, 5.41) is 3.84. The fourth-order valence-corrected chi connectivity index (χ4v) is 2.56. The number of hydrogen-bond donors (Lipinski definition) is 1. The van der Waals surface area contributed by atoms with Gasteiger partial charge in [-0.25, -0.2) is 4.39 Å². The third-order valence-electron chi connectivity index (χ3n) is 3.44. The summed E-state index contributed by atoms with van der Waals surface area (Å²) in [6.07, 6.45) is 0.506. The molecule has 0 saturated heterocycles. The molecule has 0 aromatic heterocycles. The van der Waals surface area contributed by atoms with E-state index in [9.17, 15) is 4.39 Å². The Labute approximate surface area is 129 Å². The first-order chi connectivity index (χ1) is 10.2. The molecule has 0 fully saturated rings. The third kappa shape index (κ3) is 3.96. The molecule has 0 aliphatic rings. The normalized spacial score (nSPS) is 12.2. The van der Waals surface area contributed by atoms with Crippen LogP contribution in [0.1, 0.15) is 24.1 Å². The average Bonchev–Trinajstić information content (AvgIpc) is 2.50. The molecule has 4 heteroatoms. The van der Waals surface area contributed by atoms with E-state index in [0.717, 1.165) is 17.9 Å². The van der Waals surface area contributed by atoms with E-state index < -0.39 is 0 Å². The summed E-state index contributed by atoms with van der Waals surface area (Å²) in [5.74, 6) is 0.539. The van der Waals surface area contributed by atoms with E-state index in [4.69, 9.17) is 16.3 Å². The van der Waals surface area contributed by atoms with E-state index in [2.05, 4.69) is 5.32 Å². The summed E-state index contributed by atoms with van der Waals surface area (Å²) in [4.78, 5) is 0. The lowest BCUT2D eigenvalue weighted by molar-refractivity contribution is 0.414. The topological polar surface area (TPSA) is 21.3 Å². The van der Waals surface area contributed by atoms with Gasteiger partial charge in [0.1, 0.15) is 11.6 Å². The average molecular weight is 308 g/mol. The maximum atomic E-state index is 14.0. The number of benzene rings is 2. The number of hydrogen-bond acceptors (Lipinski definition) is 2. The van der Waals surface area contributed by atoms with E-state index in [0.29, 0.717) is 17.0 Å². The summed E-state index contributed by atoms with van der Waals surface area (Å²) < 4.78 is 19.1. The number of likely N-dealkylation sites (N-methyl/N-ethyl adjacent to an activating group) is 1. The van der Waals surface area contributed by atoms with Crippen molar-refractivity contribution in [2.75, 3.05) is 13.7 Å². The van der Waals surface area contributed by atoms with Crippen molar-refractivity contribution in [1.29, 1.82) is 0 Å². The van der Waals surface area contributed by atoms with Crippen molar-refractivity contribution in [3.63, 3.8) is 0 Å². The largest absolute Gasteiger partial charge is 0.497 e. The van der Waals surface area contributed by atoms with Gasteiger partial charge in [0.2, 0.25) is 0 Å². The fraction of sp³-hybridized carbons (Fsp3) is 0.294. The predicted octanol–water partition coefficient (Wildman–Crippen LogP) is 4.38. The lowest BCUT2D eigenvalue weighted by Gasteiger charge is -2.20. The molecule has 2 aromatic rings. The number of rotatable bonds is 6. The van der Waals surface area contributed by atoms with Gasteiger partial charge in [0, 0.05) is 16.6 Å². The van der Waals surface area contributed by atoms with Gasteiger partial charge in [-0.2, -0.15) is 0 Å². The van der Waals surface area contributed by atoms with Gasteiger partial charge in [-0.05, 0) is 42.8 Å². The third-order valence-corrected chi connectivity index (χ3v) is 3.79. The molecule has 2 rings (SSSR count). The first kappa shape index (κ1) is 15.8. The summed E-state index contributed by atoms with van der Waals surface area (Å²) in [6, 6.07) is 12.6. The Bertz CT molecular complexity index is 566. The van der Waals surface area contributed by atoms with Crippen molar-refractivity contribution in [3.8, 4) is 5.75 Å². The van der Waals surface area contributed by atoms with Crippen LogP contribution in [0.4, 0.5) is 4.39 Å². The smallest absolute Gasteiger partial charge is 0.127 e. The maximum Gasteiger partial charge on any atom is 0.127 e. The molecule has 1 unspecified atom stereocenters. The van der Waals surface area contributed by atoms with Crippen molar-refractivity contribution in [2.24, 2.45) is 0 Å². The zero-order valence-corrected chi connectivity index (χ0v) is 13.0. The molecule has 1 atom stereocenters. The van der Waals surface area contributed by atoms with Gasteiger partial charge in [-0.15, -0.1) is 0 Å². The van der Waals surface area contributed by atoms with Crippen LogP contribution in [0.2, 0.25) is 5.02 Å². The van der Waals surface area contributed by atoms with Crippen molar-refractivity contribution in [1.82, 2.24) is 5.32 Å². The Kier molecular flexibility index (Phi) is 5.59. The van der Waals surface area contributed by atoms with Crippen LogP contribution in [0.25, 0.3) is 0 Å². The second-order valence-corrected chi connectivity index (χ2v) is 5.19. The second kappa shape index (κ2) is 7.43. The van der Waals surface area contributed by atoms with E-state index in [1.54, 1.807) is 19.2 Å². The van der Waals surface area contributed by atoms with Crippen LogP contribution in [0.5, 0.6) is 5.75 Å². The molecular formula is C17H19ClFNO. The van der Waals surface area contributed by atoms with Crippen LogP contribution >= 0.6 is 11.6 Å². The summed E-state index contributed by atoms with van der Waals surface area (Å²) in [6.45, 7) is 2.82. The molecule has 1 N–H and O–H groups in total. The first-order valence-corrected chi connectivity index (χ1v) is 7.33. The zero-order valence-electron chi connectivity index (χ0n) is 12.2. The highest BCUT2D eigenvalue weighted by Crippen LogP contribution is 2.26. The van der Waals surface area contributed by atoms with Gasteiger partial charge in [0.05, 0.1) is 7.11 Å². The summed E-state index contributed by atoms with van der Waals surface area (Å²) >= 11 is 6.12. The van der Waals surface area contributed by atoms with Crippen molar-refractivity contribution >= 4 is 11.6 Å². The lowest BCUT2D eigenvalue weighted by atomic mass is 9.98. The SMILES string of the molecule is CCNC(Cc1c(F)cccc1Cl)c1ccc(OC)cc1. The molecular weight excluding hydrogens is 289 g/mol. The fourth-order valence-electron chi connectivity index (χ4n) is 2.32. The Morgan fingerprint density at radius 1 is 1.19 bits per heavy atom. The van der Waals surface area contributed by atoms with E-state index in [-0.39, 0.29) is 11.9 Å². The van der Waals surface area contributed by atoms with Crippen molar-refractivity contribution in [2.45, 2.75) is 19.4 Å². The van der Waals surface area contributed by atoms with Crippen LogP contribution in [0.15, 0.2) is 42.5 Å². The van der Waals surface area contributed by atoms with Gasteiger partial charge in [0.15, 0.2) is 0 Å². The standard InChI is InChI=1S/C17H19ClFNO/c1-3-20-17(12-7-9-13(21-2)10-8-12)11-14-15(18)5-4-6-16(14)19/h4-10,17,20H,3,11H2,1-2H3.